The lowest BCUT2D eigenvalue weighted by Gasteiger charge is -2.38. The molecule has 0 aliphatic carbocycles. The van der Waals surface area contributed by atoms with Crippen LogP contribution in [0.1, 0.15) is 0 Å². The highest BCUT2D eigenvalue weighted by Gasteiger charge is 2.84. The van der Waals surface area contributed by atoms with Crippen LogP contribution >= 0.6 is 0 Å². The molecular formula is C14H6F16O3. The molecule has 0 saturated carbocycles. The van der Waals surface area contributed by atoms with Gasteiger partial charge < -0.3 is 4.74 Å². The molecule has 3 nitrogen and oxygen atoms in total. The molecule has 1 aromatic rings. The maximum atomic E-state index is 13.8. The molecule has 19 heteroatoms. The monoisotopic (exact) mass is 526 g/mol. The summed E-state index contributed by atoms with van der Waals surface area (Å²) in [7, 11) is 0. The van der Waals surface area contributed by atoms with Gasteiger partial charge in [-0.05, 0) is 12.1 Å². The molecular weight excluding hydrogens is 520 g/mol. The Balaban J connectivity index is 3.32. The minimum atomic E-state index is -7.74. The van der Waals surface area contributed by atoms with Crippen molar-refractivity contribution in [3.63, 3.8) is 0 Å². The Labute approximate surface area is 170 Å². The Morgan fingerprint density at radius 2 is 1.06 bits per heavy atom. The van der Waals surface area contributed by atoms with Crippen LogP contribution < -0.4 is 4.74 Å². The van der Waals surface area contributed by atoms with E-state index < -0.39 is 54.6 Å². The topological polar surface area (TPSA) is 27.7 Å². The summed E-state index contributed by atoms with van der Waals surface area (Å²) in [4.78, 5) is 0. The van der Waals surface area contributed by atoms with Crippen LogP contribution in [0.25, 0.3) is 0 Å². The summed E-state index contributed by atoms with van der Waals surface area (Å²) >= 11 is 0. The Hall–Kier alpha value is -2.18. The van der Waals surface area contributed by atoms with Crippen molar-refractivity contribution in [2.45, 2.75) is 48.8 Å². The van der Waals surface area contributed by atoms with Gasteiger partial charge in [0.15, 0.2) is 0 Å². The van der Waals surface area contributed by atoms with Crippen molar-refractivity contribution in [2.75, 3.05) is 0 Å². The molecule has 0 fully saturated rings. The van der Waals surface area contributed by atoms with Gasteiger partial charge in [0.25, 0.3) is 0 Å². The van der Waals surface area contributed by atoms with Crippen LogP contribution in [0.5, 0.6) is 5.75 Å². The number of para-hydroxylation sites is 1. The predicted molar refractivity (Wildman–Crippen MR) is 69.9 cm³/mol. The van der Waals surface area contributed by atoms with E-state index in [2.05, 4.69) is 9.47 Å². The average Bonchev–Trinajstić information content (AvgIpc) is 2.59. The van der Waals surface area contributed by atoms with E-state index in [1.54, 1.807) is 0 Å². The van der Waals surface area contributed by atoms with Crippen molar-refractivity contribution in [3.05, 3.63) is 30.3 Å². The van der Waals surface area contributed by atoms with Gasteiger partial charge in [0.2, 0.25) is 0 Å². The van der Waals surface area contributed by atoms with Crippen LogP contribution in [-0.2, 0) is 9.47 Å². The van der Waals surface area contributed by atoms with Gasteiger partial charge in [0.1, 0.15) is 5.75 Å². The zero-order valence-corrected chi connectivity index (χ0v) is 14.7. The fourth-order valence-electron chi connectivity index (χ4n) is 1.65. The normalized spacial score (nSPS) is 17.5. The number of benzene rings is 1. The lowest BCUT2D eigenvalue weighted by Crippen LogP contribution is -2.66. The second kappa shape index (κ2) is 8.55. The van der Waals surface area contributed by atoms with Crippen molar-refractivity contribution >= 4 is 0 Å². The summed E-state index contributed by atoms with van der Waals surface area (Å²) in [5.41, 5.74) is 0. The molecule has 0 bridgehead atoms. The van der Waals surface area contributed by atoms with Gasteiger partial charge in [-0.1, -0.05) is 18.2 Å². The Morgan fingerprint density at radius 3 is 1.45 bits per heavy atom. The van der Waals surface area contributed by atoms with Gasteiger partial charge in [-0.3, -0.25) is 9.47 Å². The molecule has 1 aromatic carbocycles. The number of hydrogen-bond acceptors (Lipinski definition) is 3. The second-order valence-corrected chi connectivity index (χ2v) is 5.71. The Bertz CT molecular complexity index is 790. The number of ether oxygens (including phenoxy) is 3. The Kier molecular flexibility index (Phi) is 7.48. The van der Waals surface area contributed by atoms with Gasteiger partial charge in [0, 0.05) is 0 Å². The van der Waals surface area contributed by atoms with E-state index in [9.17, 15) is 70.2 Å². The summed E-state index contributed by atoms with van der Waals surface area (Å²) in [5.74, 6) is -16.5. The first kappa shape index (κ1) is 28.9. The zero-order chi connectivity index (χ0) is 26.3. The van der Waals surface area contributed by atoms with E-state index in [0.717, 1.165) is 18.2 Å². The molecule has 33 heavy (non-hydrogen) atoms. The second-order valence-electron chi connectivity index (χ2n) is 5.71. The van der Waals surface area contributed by atoms with E-state index in [4.69, 9.17) is 0 Å². The number of halogens is 16. The largest absolute Gasteiger partial charge is 0.462 e. The highest BCUT2D eigenvalue weighted by molar-refractivity contribution is 5.21. The summed E-state index contributed by atoms with van der Waals surface area (Å²) in [6, 6.07) is 4.23. The van der Waals surface area contributed by atoms with E-state index in [1.807, 2.05) is 0 Å². The lowest BCUT2D eigenvalue weighted by atomic mass is 10.2. The highest BCUT2D eigenvalue weighted by Crippen LogP contribution is 2.55. The maximum Gasteiger partial charge on any atom is 0.462 e. The minimum Gasteiger partial charge on any atom is -0.429 e. The average molecular weight is 526 g/mol. The van der Waals surface area contributed by atoms with Crippen molar-refractivity contribution in [1.82, 2.24) is 0 Å². The molecule has 0 heterocycles. The molecule has 2 atom stereocenters. The van der Waals surface area contributed by atoms with Gasteiger partial charge >= 0.3 is 48.8 Å². The Morgan fingerprint density at radius 1 is 0.606 bits per heavy atom. The standard InChI is InChI=1S/C14H6F16O3/c15-7(8(16,17)31-6-4-2-1-3-5-6)32-14(29,30)10(20,12(24,25)26)33-13(27,28)9(18,19)11(21,22)23/h1-5,7H. The van der Waals surface area contributed by atoms with Crippen LogP contribution in [0.2, 0.25) is 0 Å². The van der Waals surface area contributed by atoms with E-state index in [1.165, 1.54) is 4.74 Å². The SMILES string of the molecule is FC(OC(F)(F)C(F)(OC(F)(F)C(F)(F)C(F)(F)F)C(F)(F)F)C(F)(F)Oc1ccccc1. The molecule has 0 aliphatic rings. The van der Waals surface area contributed by atoms with E-state index >= 15 is 0 Å². The van der Waals surface area contributed by atoms with Crippen LogP contribution in [0, 0.1) is 0 Å². The number of rotatable bonds is 9. The maximum absolute atomic E-state index is 13.8. The van der Waals surface area contributed by atoms with Gasteiger partial charge in [0.05, 0.1) is 0 Å². The van der Waals surface area contributed by atoms with Gasteiger partial charge in [-0.25, -0.2) is 4.39 Å². The fourth-order valence-corrected chi connectivity index (χ4v) is 1.65. The lowest BCUT2D eigenvalue weighted by molar-refractivity contribution is -0.543. The first-order valence-electron chi connectivity index (χ1n) is 7.51. The summed E-state index contributed by atoms with van der Waals surface area (Å²) in [6.45, 7) is 0. The predicted octanol–water partition coefficient (Wildman–Crippen LogP) is 6.60. The quantitative estimate of drug-likeness (QED) is 0.340. The molecule has 0 N–H and O–H groups in total. The van der Waals surface area contributed by atoms with Crippen LogP contribution in [-0.4, -0.2) is 48.8 Å². The van der Waals surface area contributed by atoms with Crippen molar-refractivity contribution in [1.29, 1.82) is 0 Å². The number of alkyl halides is 16. The molecule has 0 aliphatic heterocycles. The van der Waals surface area contributed by atoms with Gasteiger partial charge in [-0.15, -0.1) is 0 Å². The van der Waals surface area contributed by atoms with Crippen LogP contribution in [0.15, 0.2) is 30.3 Å². The third kappa shape index (κ3) is 5.67. The molecule has 0 amide bonds. The van der Waals surface area contributed by atoms with Crippen molar-refractivity contribution in [3.8, 4) is 5.75 Å². The van der Waals surface area contributed by atoms with Crippen LogP contribution in [0.4, 0.5) is 70.2 Å². The molecule has 1 rings (SSSR count). The third-order valence-electron chi connectivity index (χ3n) is 3.24. The minimum absolute atomic E-state index is 0.608. The summed E-state index contributed by atoms with van der Waals surface area (Å²) in [6.07, 6.45) is -41.2. The first-order valence-corrected chi connectivity index (χ1v) is 7.51. The van der Waals surface area contributed by atoms with E-state index in [0.29, 0.717) is 12.1 Å². The summed E-state index contributed by atoms with van der Waals surface area (Å²) < 4.78 is 214. The smallest absolute Gasteiger partial charge is 0.429 e. The molecule has 2 unspecified atom stereocenters. The molecule has 0 radical (unpaired) electrons. The van der Waals surface area contributed by atoms with Crippen molar-refractivity contribution < 1.29 is 84.5 Å². The summed E-state index contributed by atoms with van der Waals surface area (Å²) in [5, 5.41) is 0. The molecule has 0 aromatic heterocycles. The van der Waals surface area contributed by atoms with Crippen molar-refractivity contribution in [2.24, 2.45) is 0 Å². The van der Waals surface area contributed by atoms with E-state index in [-0.39, 0.29) is 0 Å². The molecule has 0 saturated heterocycles. The first-order chi connectivity index (χ1) is 14.4. The third-order valence-corrected chi connectivity index (χ3v) is 3.24. The number of hydrogen-bond donors (Lipinski definition) is 0. The fraction of sp³-hybridized carbons (Fsp3) is 0.571. The zero-order valence-electron chi connectivity index (χ0n) is 14.7. The highest BCUT2D eigenvalue weighted by atomic mass is 19.4. The van der Waals surface area contributed by atoms with Gasteiger partial charge in [-0.2, -0.15) is 65.9 Å². The van der Waals surface area contributed by atoms with Crippen LogP contribution in [0.3, 0.4) is 0 Å². The molecule has 192 valence electrons. The molecule has 0 spiro atoms.